The molecule has 0 bridgehead atoms. The highest BCUT2D eigenvalue weighted by Crippen LogP contribution is 2.27. The molecule has 0 aliphatic carbocycles. The minimum absolute atomic E-state index is 0.641. The summed E-state index contributed by atoms with van der Waals surface area (Å²) in [6.07, 6.45) is 5.27. The molecule has 0 spiro atoms. The molecule has 0 amide bonds. The van der Waals surface area contributed by atoms with Crippen molar-refractivity contribution in [2.45, 2.75) is 40.0 Å². The molecule has 2 rings (SSSR count). The van der Waals surface area contributed by atoms with E-state index in [1.165, 1.54) is 19.3 Å². The molecule has 0 radical (unpaired) electrons. The molecule has 1 saturated heterocycles. The molecule has 118 valence electrons. The van der Waals surface area contributed by atoms with Gasteiger partial charge in [-0.3, -0.25) is 0 Å². The average Bonchev–Trinajstić information content (AvgIpc) is 2.51. The molecule has 1 aromatic heterocycles. The largest absolute Gasteiger partial charge is 0.478 e. The van der Waals surface area contributed by atoms with E-state index in [4.69, 9.17) is 4.74 Å². The first-order valence-electron chi connectivity index (χ1n) is 8.16. The number of anilines is 1. The Bertz CT molecular complexity index is 430. The van der Waals surface area contributed by atoms with Crippen molar-refractivity contribution in [3.05, 3.63) is 11.9 Å². The van der Waals surface area contributed by atoms with E-state index in [0.29, 0.717) is 12.5 Å². The number of nitrogens with one attached hydrogen (secondary N) is 1. The van der Waals surface area contributed by atoms with E-state index in [1.54, 1.807) is 6.33 Å². The molecule has 0 atom stereocenters. The monoisotopic (exact) mass is 292 g/mol. The molecule has 1 aliphatic heterocycles. The van der Waals surface area contributed by atoms with Crippen LogP contribution in [0.2, 0.25) is 0 Å². The Kier molecular flexibility index (Phi) is 6.23. The van der Waals surface area contributed by atoms with Crippen molar-refractivity contribution in [2.75, 3.05) is 37.7 Å². The van der Waals surface area contributed by atoms with Crippen LogP contribution in [0.25, 0.3) is 0 Å². The number of nitrogens with zero attached hydrogens (tertiary/aromatic N) is 3. The Hall–Kier alpha value is -1.36. The zero-order valence-corrected chi connectivity index (χ0v) is 13.6. The van der Waals surface area contributed by atoms with E-state index in [2.05, 4.69) is 34.0 Å². The second-order valence-corrected chi connectivity index (χ2v) is 5.69. The lowest BCUT2D eigenvalue weighted by Gasteiger charge is -2.33. The summed E-state index contributed by atoms with van der Waals surface area (Å²) in [5.41, 5.74) is 1.06. The summed E-state index contributed by atoms with van der Waals surface area (Å²) in [6.45, 7) is 11.3. The summed E-state index contributed by atoms with van der Waals surface area (Å²) in [5.74, 6) is 2.55. The molecule has 1 N–H and O–H groups in total. The number of piperidine rings is 1. The van der Waals surface area contributed by atoms with Crippen molar-refractivity contribution >= 4 is 5.82 Å². The fourth-order valence-corrected chi connectivity index (χ4v) is 2.86. The number of rotatable bonds is 7. The fraction of sp³-hybridized carbons (Fsp3) is 0.750. The highest BCUT2D eigenvalue weighted by molar-refractivity contribution is 5.50. The molecule has 1 aliphatic rings. The summed E-state index contributed by atoms with van der Waals surface area (Å²) in [7, 11) is 0. The lowest BCUT2D eigenvalue weighted by atomic mass is 9.96. The molecule has 5 heteroatoms. The standard InChI is InChI=1S/C16H28N4O/c1-4-8-17-11-14-6-9-20(10-7-14)15-13(3)16(21-5-2)19-12-18-15/h12,14,17H,4-11H2,1-3H3. The molecular formula is C16H28N4O. The second kappa shape index (κ2) is 8.17. The number of aromatic nitrogens is 2. The van der Waals surface area contributed by atoms with Gasteiger partial charge in [0.2, 0.25) is 5.88 Å². The Balaban J connectivity index is 1.91. The van der Waals surface area contributed by atoms with E-state index in [-0.39, 0.29) is 0 Å². The maximum absolute atomic E-state index is 5.57. The van der Waals surface area contributed by atoms with Crippen LogP contribution in [0.5, 0.6) is 5.88 Å². The predicted octanol–water partition coefficient (Wildman–Crippen LogP) is 2.40. The molecular weight excluding hydrogens is 264 g/mol. The van der Waals surface area contributed by atoms with Crippen molar-refractivity contribution in [1.82, 2.24) is 15.3 Å². The Morgan fingerprint density at radius 2 is 2.05 bits per heavy atom. The normalized spacial score (nSPS) is 16.2. The van der Waals surface area contributed by atoms with Crippen molar-refractivity contribution < 1.29 is 4.74 Å². The van der Waals surface area contributed by atoms with Gasteiger partial charge in [-0.05, 0) is 52.1 Å². The van der Waals surface area contributed by atoms with Crippen molar-refractivity contribution in [3.63, 3.8) is 0 Å². The zero-order chi connectivity index (χ0) is 15.1. The Morgan fingerprint density at radius 1 is 1.29 bits per heavy atom. The van der Waals surface area contributed by atoms with Gasteiger partial charge in [0.25, 0.3) is 0 Å². The number of ether oxygens (including phenoxy) is 1. The van der Waals surface area contributed by atoms with Crippen molar-refractivity contribution in [3.8, 4) is 5.88 Å². The molecule has 1 aromatic rings. The Labute approximate surface area is 128 Å². The van der Waals surface area contributed by atoms with Gasteiger partial charge in [0.05, 0.1) is 12.2 Å². The third kappa shape index (κ3) is 4.30. The second-order valence-electron chi connectivity index (χ2n) is 5.69. The first-order chi connectivity index (χ1) is 10.3. The SMILES string of the molecule is CCCNCC1CCN(c2ncnc(OCC)c2C)CC1. The third-order valence-electron chi connectivity index (χ3n) is 4.07. The minimum Gasteiger partial charge on any atom is -0.478 e. The average molecular weight is 292 g/mol. The molecule has 0 aromatic carbocycles. The van der Waals surface area contributed by atoms with Gasteiger partial charge < -0.3 is 15.0 Å². The van der Waals surface area contributed by atoms with Crippen LogP contribution in [0.1, 0.15) is 38.7 Å². The summed E-state index contributed by atoms with van der Waals surface area (Å²) in [4.78, 5) is 11.1. The highest BCUT2D eigenvalue weighted by Gasteiger charge is 2.22. The van der Waals surface area contributed by atoms with Gasteiger partial charge in [0.15, 0.2) is 0 Å². The van der Waals surface area contributed by atoms with Crippen LogP contribution in [0, 0.1) is 12.8 Å². The van der Waals surface area contributed by atoms with Gasteiger partial charge in [0.1, 0.15) is 12.1 Å². The van der Waals surface area contributed by atoms with Crippen LogP contribution in [0.4, 0.5) is 5.82 Å². The van der Waals surface area contributed by atoms with Gasteiger partial charge in [-0.15, -0.1) is 0 Å². The van der Waals surface area contributed by atoms with Crippen LogP contribution >= 0.6 is 0 Å². The zero-order valence-electron chi connectivity index (χ0n) is 13.6. The van der Waals surface area contributed by atoms with Crippen LogP contribution in [0.3, 0.4) is 0 Å². The van der Waals surface area contributed by atoms with Crippen LogP contribution in [0.15, 0.2) is 6.33 Å². The number of hydrogen-bond acceptors (Lipinski definition) is 5. The summed E-state index contributed by atoms with van der Waals surface area (Å²) < 4.78 is 5.57. The molecule has 0 saturated carbocycles. The predicted molar refractivity (Wildman–Crippen MR) is 86.0 cm³/mol. The molecule has 0 unspecified atom stereocenters. The van der Waals surface area contributed by atoms with Gasteiger partial charge in [-0.2, -0.15) is 0 Å². The van der Waals surface area contributed by atoms with Crippen molar-refractivity contribution in [1.29, 1.82) is 0 Å². The molecule has 1 fully saturated rings. The maximum Gasteiger partial charge on any atom is 0.221 e. The Morgan fingerprint density at radius 3 is 2.71 bits per heavy atom. The fourth-order valence-electron chi connectivity index (χ4n) is 2.86. The van der Waals surface area contributed by atoms with Crippen LogP contribution in [-0.4, -0.2) is 42.8 Å². The van der Waals surface area contributed by atoms with Gasteiger partial charge in [-0.25, -0.2) is 9.97 Å². The van der Waals surface area contributed by atoms with Crippen LogP contribution < -0.4 is 15.0 Å². The summed E-state index contributed by atoms with van der Waals surface area (Å²) in [6, 6.07) is 0. The molecule has 2 heterocycles. The highest BCUT2D eigenvalue weighted by atomic mass is 16.5. The minimum atomic E-state index is 0.641. The summed E-state index contributed by atoms with van der Waals surface area (Å²) in [5, 5.41) is 3.53. The van der Waals surface area contributed by atoms with E-state index < -0.39 is 0 Å². The van der Waals surface area contributed by atoms with Crippen molar-refractivity contribution in [2.24, 2.45) is 5.92 Å². The first-order valence-corrected chi connectivity index (χ1v) is 8.16. The van der Waals surface area contributed by atoms with E-state index in [9.17, 15) is 0 Å². The third-order valence-corrected chi connectivity index (χ3v) is 4.07. The van der Waals surface area contributed by atoms with E-state index in [0.717, 1.165) is 43.5 Å². The van der Waals surface area contributed by atoms with E-state index in [1.807, 2.05) is 6.92 Å². The van der Waals surface area contributed by atoms with Gasteiger partial charge in [-0.1, -0.05) is 6.92 Å². The van der Waals surface area contributed by atoms with Crippen LogP contribution in [-0.2, 0) is 0 Å². The van der Waals surface area contributed by atoms with Gasteiger partial charge in [0, 0.05) is 13.1 Å². The smallest absolute Gasteiger partial charge is 0.221 e. The molecule has 21 heavy (non-hydrogen) atoms. The van der Waals surface area contributed by atoms with E-state index >= 15 is 0 Å². The quantitative estimate of drug-likeness (QED) is 0.782. The first kappa shape index (κ1) is 16.0. The lowest BCUT2D eigenvalue weighted by molar-refractivity contribution is 0.323. The maximum atomic E-state index is 5.57. The lowest BCUT2D eigenvalue weighted by Crippen LogP contribution is -2.38. The van der Waals surface area contributed by atoms with Gasteiger partial charge >= 0.3 is 0 Å². The topological polar surface area (TPSA) is 50.3 Å². The molecule has 5 nitrogen and oxygen atoms in total. The summed E-state index contributed by atoms with van der Waals surface area (Å²) >= 11 is 0. The number of hydrogen-bond donors (Lipinski definition) is 1.